The first-order chi connectivity index (χ1) is 26.0. The molecule has 0 spiro atoms. The van der Waals surface area contributed by atoms with Crippen LogP contribution in [0.15, 0.2) is 182 Å². The van der Waals surface area contributed by atoms with Gasteiger partial charge < -0.3 is 9.80 Å². The van der Waals surface area contributed by atoms with Gasteiger partial charge in [0.2, 0.25) is 0 Å². The van der Waals surface area contributed by atoms with Crippen LogP contribution in [0.5, 0.6) is 0 Å². The monoisotopic (exact) mass is 702 g/mol. The Morgan fingerprint density at radius 1 is 0.296 bits per heavy atom. The molecule has 0 bridgehead atoms. The molecule has 0 saturated carbocycles. The van der Waals surface area contributed by atoms with Crippen LogP contribution < -0.4 is 9.80 Å². The van der Waals surface area contributed by atoms with Gasteiger partial charge in [0.05, 0.1) is 0 Å². The Morgan fingerprint density at radius 2 is 0.574 bits per heavy atom. The van der Waals surface area contributed by atoms with Gasteiger partial charge in [0, 0.05) is 34.1 Å². The molecule has 268 valence electrons. The van der Waals surface area contributed by atoms with E-state index >= 15 is 0 Å². The third kappa shape index (κ3) is 8.40. The Morgan fingerprint density at radius 3 is 0.926 bits per heavy atom. The smallest absolute Gasteiger partial charge is 0.0462 e. The van der Waals surface area contributed by atoms with Gasteiger partial charge in [-0.1, -0.05) is 163 Å². The summed E-state index contributed by atoms with van der Waals surface area (Å²) in [5.41, 5.74) is 14.3. The first kappa shape index (κ1) is 36.2. The van der Waals surface area contributed by atoms with Gasteiger partial charge in [0.25, 0.3) is 0 Å². The third-order valence-corrected chi connectivity index (χ3v) is 10.0. The number of para-hydroxylation sites is 1. The van der Waals surface area contributed by atoms with Crippen molar-refractivity contribution in [3.8, 4) is 11.1 Å². The molecule has 0 N–H and O–H groups in total. The van der Waals surface area contributed by atoms with Crippen molar-refractivity contribution in [3.63, 3.8) is 0 Å². The highest BCUT2D eigenvalue weighted by Gasteiger charge is 2.19. The maximum Gasteiger partial charge on any atom is 0.0462 e. The summed E-state index contributed by atoms with van der Waals surface area (Å²) in [6, 6.07) is 65.6. The fourth-order valence-electron chi connectivity index (χ4n) is 6.79. The fourth-order valence-corrected chi connectivity index (χ4v) is 6.79. The van der Waals surface area contributed by atoms with E-state index in [-0.39, 0.29) is 10.8 Å². The first-order valence-corrected chi connectivity index (χ1v) is 18.9. The van der Waals surface area contributed by atoms with Gasteiger partial charge in [-0.05, 0) is 117 Å². The van der Waals surface area contributed by atoms with Crippen LogP contribution in [0.1, 0.15) is 63.8 Å². The van der Waals surface area contributed by atoms with Crippen LogP contribution in [0, 0.1) is 0 Å². The zero-order valence-corrected chi connectivity index (χ0v) is 32.4. The molecule has 0 radical (unpaired) electrons. The van der Waals surface area contributed by atoms with E-state index in [1.165, 1.54) is 22.3 Å². The van der Waals surface area contributed by atoms with E-state index in [1.807, 2.05) is 0 Å². The van der Waals surface area contributed by atoms with Crippen LogP contribution in [0.25, 0.3) is 23.3 Å². The van der Waals surface area contributed by atoms with Gasteiger partial charge in [-0.3, -0.25) is 0 Å². The summed E-state index contributed by atoms with van der Waals surface area (Å²) in [5, 5.41) is 0. The molecule has 0 aliphatic heterocycles. The molecule has 0 unspecified atom stereocenters. The second-order valence-electron chi connectivity index (χ2n) is 16.0. The summed E-state index contributed by atoms with van der Waals surface area (Å²) < 4.78 is 0. The summed E-state index contributed by atoms with van der Waals surface area (Å²) in [7, 11) is 0. The standard InChI is InChI=1S/C52H50N2/c1-51(2,3)43-25-35-49(36-26-43)54(50-37-27-44(28-38-50)52(4,5)6)47-31-21-40(22-32-47)18-17-39-19-29-46(30-20-39)53(45-15-11-8-12-16-45)48-33-23-42(24-34-48)41-13-9-7-10-14-41/h7-38H,1-6H3/b18-17+. The molecule has 2 nitrogen and oxygen atoms in total. The number of hydrogen-bond acceptors (Lipinski definition) is 2. The largest absolute Gasteiger partial charge is 0.311 e. The molecule has 0 fully saturated rings. The highest BCUT2D eigenvalue weighted by molar-refractivity contribution is 5.81. The highest BCUT2D eigenvalue weighted by atomic mass is 15.1. The Hall–Kier alpha value is -6.12. The zero-order valence-electron chi connectivity index (χ0n) is 32.4. The van der Waals surface area contributed by atoms with E-state index < -0.39 is 0 Å². The van der Waals surface area contributed by atoms with Crippen molar-refractivity contribution >= 4 is 46.3 Å². The van der Waals surface area contributed by atoms with Gasteiger partial charge in [0.1, 0.15) is 0 Å². The Kier molecular flexibility index (Phi) is 10.4. The topological polar surface area (TPSA) is 6.48 Å². The molecular weight excluding hydrogens is 653 g/mol. The van der Waals surface area contributed by atoms with Crippen LogP contribution in [0.2, 0.25) is 0 Å². The van der Waals surface area contributed by atoms with E-state index in [4.69, 9.17) is 0 Å². The molecule has 0 aromatic heterocycles. The number of hydrogen-bond donors (Lipinski definition) is 0. The van der Waals surface area contributed by atoms with E-state index in [2.05, 4.69) is 245 Å². The maximum atomic E-state index is 2.35. The second kappa shape index (κ2) is 15.5. The Balaban J connectivity index is 1.12. The number of anilines is 6. The molecule has 0 amide bonds. The average Bonchev–Trinajstić information content (AvgIpc) is 3.19. The van der Waals surface area contributed by atoms with Crippen LogP contribution in [0.3, 0.4) is 0 Å². The predicted molar refractivity (Wildman–Crippen MR) is 234 cm³/mol. The number of rotatable bonds is 9. The van der Waals surface area contributed by atoms with Crippen molar-refractivity contribution in [2.24, 2.45) is 0 Å². The zero-order chi connectivity index (χ0) is 37.7. The summed E-state index contributed by atoms with van der Waals surface area (Å²) in [6.07, 6.45) is 4.38. The molecule has 7 aromatic carbocycles. The lowest BCUT2D eigenvalue weighted by atomic mass is 9.86. The van der Waals surface area contributed by atoms with Crippen molar-refractivity contribution in [3.05, 3.63) is 204 Å². The molecule has 54 heavy (non-hydrogen) atoms. The second-order valence-corrected chi connectivity index (χ2v) is 16.0. The molecule has 2 heteroatoms. The molecule has 0 saturated heterocycles. The Bertz CT molecular complexity index is 2210. The first-order valence-electron chi connectivity index (χ1n) is 18.9. The van der Waals surface area contributed by atoms with Gasteiger partial charge in [0.15, 0.2) is 0 Å². The fraction of sp³-hybridized carbons (Fsp3) is 0.154. The minimum absolute atomic E-state index is 0.0996. The maximum absolute atomic E-state index is 2.35. The minimum atomic E-state index is 0.0996. The lowest BCUT2D eigenvalue weighted by Gasteiger charge is -2.28. The summed E-state index contributed by atoms with van der Waals surface area (Å²) in [5.74, 6) is 0. The molecule has 0 aliphatic carbocycles. The van der Waals surface area contributed by atoms with Gasteiger partial charge in [-0.15, -0.1) is 0 Å². The number of nitrogens with zero attached hydrogens (tertiary/aromatic N) is 2. The molecular formula is C52H50N2. The average molecular weight is 703 g/mol. The summed E-state index contributed by atoms with van der Waals surface area (Å²) >= 11 is 0. The van der Waals surface area contributed by atoms with Crippen LogP contribution in [-0.4, -0.2) is 0 Å². The minimum Gasteiger partial charge on any atom is -0.311 e. The van der Waals surface area contributed by atoms with Gasteiger partial charge >= 0.3 is 0 Å². The van der Waals surface area contributed by atoms with E-state index in [9.17, 15) is 0 Å². The van der Waals surface area contributed by atoms with Gasteiger partial charge in [-0.2, -0.15) is 0 Å². The molecule has 7 aromatic rings. The Labute approximate surface area is 322 Å². The van der Waals surface area contributed by atoms with Crippen molar-refractivity contribution < 1.29 is 0 Å². The van der Waals surface area contributed by atoms with Crippen LogP contribution >= 0.6 is 0 Å². The van der Waals surface area contributed by atoms with Crippen LogP contribution in [-0.2, 0) is 10.8 Å². The van der Waals surface area contributed by atoms with Crippen molar-refractivity contribution in [2.45, 2.75) is 52.4 Å². The molecule has 0 atom stereocenters. The lowest BCUT2D eigenvalue weighted by molar-refractivity contribution is 0.590. The van der Waals surface area contributed by atoms with E-state index in [1.54, 1.807) is 0 Å². The van der Waals surface area contributed by atoms with Crippen LogP contribution in [0.4, 0.5) is 34.1 Å². The van der Waals surface area contributed by atoms with Gasteiger partial charge in [-0.25, -0.2) is 0 Å². The third-order valence-electron chi connectivity index (χ3n) is 10.0. The summed E-state index contributed by atoms with van der Waals surface area (Å²) in [4.78, 5) is 4.65. The predicted octanol–water partition coefficient (Wildman–Crippen LogP) is 15.1. The van der Waals surface area contributed by atoms with Crippen molar-refractivity contribution in [2.75, 3.05) is 9.80 Å². The summed E-state index contributed by atoms with van der Waals surface area (Å²) in [6.45, 7) is 13.6. The normalized spacial score (nSPS) is 11.8. The van der Waals surface area contributed by atoms with Crippen molar-refractivity contribution in [1.29, 1.82) is 0 Å². The molecule has 7 rings (SSSR count). The lowest BCUT2D eigenvalue weighted by Crippen LogP contribution is -2.14. The highest BCUT2D eigenvalue weighted by Crippen LogP contribution is 2.38. The number of benzene rings is 7. The molecule has 0 heterocycles. The SMILES string of the molecule is CC(C)(C)c1ccc(N(c2ccc(/C=C/c3ccc(N(c4ccccc4)c4ccc(-c5ccccc5)cc4)cc3)cc2)c2ccc(C(C)(C)C)cc2)cc1. The van der Waals surface area contributed by atoms with E-state index in [0.717, 1.165) is 45.3 Å². The van der Waals surface area contributed by atoms with Crippen molar-refractivity contribution in [1.82, 2.24) is 0 Å². The molecule has 0 aliphatic rings. The quantitative estimate of drug-likeness (QED) is 0.138. The van der Waals surface area contributed by atoms with E-state index in [0.29, 0.717) is 0 Å².